The molecule has 2 aromatic rings. The summed E-state index contributed by atoms with van der Waals surface area (Å²) in [5.41, 5.74) is 0.912. The van der Waals surface area contributed by atoms with Gasteiger partial charge in [-0.2, -0.15) is 0 Å². The summed E-state index contributed by atoms with van der Waals surface area (Å²) >= 11 is 7.23. The van der Waals surface area contributed by atoms with Crippen LogP contribution >= 0.6 is 22.9 Å². The minimum Gasteiger partial charge on any atom is -0.350 e. The van der Waals surface area contributed by atoms with Crippen molar-refractivity contribution in [2.24, 2.45) is 11.8 Å². The largest absolute Gasteiger partial charge is 0.350 e. The van der Waals surface area contributed by atoms with E-state index >= 15 is 0 Å². The van der Waals surface area contributed by atoms with E-state index in [-0.39, 0.29) is 47.7 Å². The van der Waals surface area contributed by atoms with Crippen LogP contribution in [0.1, 0.15) is 51.1 Å². The fourth-order valence-electron chi connectivity index (χ4n) is 4.74. The van der Waals surface area contributed by atoms with Gasteiger partial charge in [0, 0.05) is 31.7 Å². The highest BCUT2D eigenvalue weighted by atomic mass is 35.5. The summed E-state index contributed by atoms with van der Waals surface area (Å²) in [5.74, 6) is -1.73. The first kappa shape index (κ1) is 23.2. The average molecular weight is 506 g/mol. The SMILES string of the molecule is Cc1nc(Cl)c(C(=O)NC[C@H](C(=O)N[C@@H]2C(=O)N3CCCN3Cc3c(F)cccc32)C2CC2)s1. The second-order valence-electron chi connectivity index (χ2n) is 8.96. The number of benzene rings is 1. The molecule has 2 fully saturated rings. The zero-order chi connectivity index (χ0) is 24.0. The minimum absolute atomic E-state index is 0.120. The normalized spacial score (nSPS) is 21.0. The van der Waals surface area contributed by atoms with Gasteiger partial charge in [-0.3, -0.25) is 19.4 Å². The summed E-state index contributed by atoms with van der Waals surface area (Å²) in [5, 5.41) is 9.98. The third-order valence-corrected chi connectivity index (χ3v) is 7.99. The molecular formula is C23H25ClFN5O3S. The lowest BCUT2D eigenvalue weighted by Crippen LogP contribution is -2.48. The van der Waals surface area contributed by atoms with Crippen LogP contribution in [0.4, 0.5) is 4.39 Å². The molecule has 2 aliphatic heterocycles. The van der Waals surface area contributed by atoms with E-state index in [9.17, 15) is 18.8 Å². The third kappa shape index (κ3) is 4.42. The number of rotatable bonds is 6. The van der Waals surface area contributed by atoms with Crippen LogP contribution in [0, 0.1) is 24.6 Å². The van der Waals surface area contributed by atoms with E-state index in [1.54, 1.807) is 24.1 Å². The van der Waals surface area contributed by atoms with E-state index in [1.807, 2.05) is 5.01 Å². The van der Waals surface area contributed by atoms with Gasteiger partial charge in [-0.25, -0.2) is 14.4 Å². The topological polar surface area (TPSA) is 94.6 Å². The number of aromatic nitrogens is 1. The fraction of sp³-hybridized carbons (Fsp3) is 0.478. The van der Waals surface area contributed by atoms with Crippen LogP contribution < -0.4 is 10.6 Å². The van der Waals surface area contributed by atoms with Crippen molar-refractivity contribution >= 4 is 40.7 Å². The number of hydrogen-bond acceptors (Lipinski definition) is 6. The van der Waals surface area contributed by atoms with Crippen molar-refractivity contribution < 1.29 is 18.8 Å². The molecule has 11 heteroatoms. The highest BCUT2D eigenvalue weighted by Gasteiger charge is 2.42. The summed E-state index contributed by atoms with van der Waals surface area (Å²) < 4.78 is 14.7. The van der Waals surface area contributed by atoms with Crippen molar-refractivity contribution in [3.05, 3.63) is 50.2 Å². The Labute approximate surface area is 205 Å². The number of hydrazine groups is 1. The molecule has 2 N–H and O–H groups in total. The number of nitrogens with one attached hydrogen (secondary N) is 2. The lowest BCUT2D eigenvalue weighted by Gasteiger charge is -2.28. The Kier molecular flexibility index (Phi) is 6.30. The summed E-state index contributed by atoms with van der Waals surface area (Å²) in [6, 6.07) is 3.66. The lowest BCUT2D eigenvalue weighted by molar-refractivity contribution is -0.148. The number of thiazole rings is 1. The first-order chi connectivity index (χ1) is 16.3. The number of fused-ring (bicyclic) bond motifs is 2. The van der Waals surface area contributed by atoms with E-state index in [0.29, 0.717) is 34.1 Å². The van der Waals surface area contributed by atoms with E-state index in [2.05, 4.69) is 15.6 Å². The van der Waals surface area contributed by atoms with Gasteiger partial charge in [0.05, 0.1) is 10.9 Å². The Balaban J connectivity index is 1.35. The molecular weight excluding hydrogens is 481 g/mol. The van der Waals surface area contributed by atoms with Crippen molar-refractivity contribution in [1.29, 1.82) is 0 Å². The van der Waals surface area contributed by atoms with Crippen molar-refractivity contribution in [3.8, 4) is 0 Å². The Morgan fingerprint density at radius 3 is 2.82 bits per heavy atom. The summed E-state index contributed by atoms with van der Waals surface area (Å²) in [7, 11) is 0. The molecule has 1 saturated heterocycles. The molecule has 1 aromatic carbocycles. The van der Waals surface area contributed by atoms with E-state index in [0.717, 1.165) is 19.3 Å². The van der Waals surface area contributed by atoms with Crippen LogP contribution in [-0.4, -0.2) is 52.4 Å². The monoisotopic (exact) mass is 505 g/mol. The lowest BCUT2D eigenvalue weighted by atomic mass is 9.97. The number of amides is 3. The van der Waals surface area contributed by atoms with Crippen LogP contribution in [-0.2, 0) is 16.1 Å². The molecule has 3 amide bonds. The Morgan fingerprint density at radius 1 is 1.32 bits per heavy atom. The predicted octanol–water partition coefficient (Wildman–Crippen LogP) is 2.82. The predicted molar refractivity (Wildman–Crippen MR) is 124 cm³/mol. The smallest absolute Gasteiger partial charge is 0.264 e. The number of halogens is 2. The summed E-state index contributed by atoms with van der Waals surface area (Å²) in [6.07, 6.45) is 2.54. The molecule has 0 bridgehead atoms. The Bertz CT molecular complexity index is 1150. The van der Waals surface area contributed by atoms with Crippen molar-refractivity contribution in [1.82, 2.24) is 25.6 Å². The fourth-order valence-corrected chi connectivity index (χ4v) is 5.85. The van der Waals surface area contributed by atoms with Gasteiger partial charge in [0.1, 0.15) is 16.7 Å². The molecule has 0 spiro atoms. The number of aryl methyl sites for hydroxylation is 1. The van der Waals surface area contributed by atoms with Crippen LogP contribution in [0.3, 0.4) is 0 Å². The van der Waals surface area contributed by atoms with Crippen molar-refractivity contribution in [2.75, 3.05) is 19.6 Å². The second kappa shape index (κ2) is 9.24. The zero-order valence-electron chi connectivity index (χ0n) is 18.6. The van der Waals surface area contributed by atoms with Gasteiger partial charge in [-0.15, -0.1) is 11.3 Å². The van der Waals surface area contributed by atoms with Crippen LogP contribution in [0.2, 0.25) is 5.15 Å². The van der Waals surface area contributed by atoms with E-state index in [1.165, 1.54) is 17.4 Å². The maximum Gasteiger partial charge on any atom is 0.264 e. The highest BCUT2D eigenvalue weighted by Crippen LogP contribution is 2.38. The molecule has 8 nitrogen and oxygen atoms in total. The van der Waals surface area contributed by atoms with E-state index in [4.69, 9.17) is 11.6 Å². The molecule has 0 radical (unpaired) electrons. The molecule has 1 saturated carbocycles. The molecule has 5 rings (SSSR count). The van der Waals surface area contributed by atoms with Crippen LogP contribution in [0.5, 0.6) is 0 Å². The minimum atomic E-state index is -0.975. The molecule has 1 aromatic heterocycles. The first-order valence-corrected chi connectivity index (χ1v) is 12.6. The molecule has 180 valence electrons. The zero-order valence-corrected chi connectivity index (χ0v) is 20.2. The van der Waals surface area contributed by atoms with Crippen LogP contribution in [0.15, 0.2) is 18.2 Å². The van der Waals surface area contributed by atoms with E-state index < -0.39 is 12.0 Å². The standard InChI is InChI=1S/C23H25ClFN5O3S/c1-12-27-20(24)19(34-12)22(32)26-10-15(13-6-7-13)21(31)28-18-14-4-2-5-17(25)16(14)11-29-8-3-9-30(29)23(18)33/h2,4-5,13,15,18H,3,6-11H2,1H3,(H,26,32)(H,28,31)/t15-,18-/m0/s1. The molecule has 34 heavy (non-hydrogen) atoms. The summed E-state index contributed by atoms with van der Waals surface area (Å²) in [6.45, 7) is 3.38. The van der Waals surface area contributed by atoms with Crippen molar-refractivity contribution in [2.45, 2.75) is 38.8 Å². The number of carbonyl (C=O) groups excluding carboxylic acids is 3. The maximum atomic E-state index is 14.7. The quantitative estimate of drug-likeness (QED) is 0.629. The Hall–Kier alpha value is -2.56. The van der Waals surface area contributed by atoms with Crippen molar-refractivity contribution in [3.63, 3.8) is 0 Å². The van der Waals surface area contributed by atoms with Gasteiger partial charge in [0.25, 0.3) is 11.8 Å². The number of nitrogens with zero attached hydrogens (tertiary/aromatic N) is 3. The van der Waals surface area contributed by atoms with Gasteiger partial charge in [-0.05, 0) is 43.7 Å². The van der Waals surface area contributed by atoms with Crippen LogP contribution in [0.25, 0.3) is 0 Å². The third-order valence-electron chi connectivity index (χ3n) is 6.63. The van der Waals surface area contributed by atoms with Gasteiger partial charge in [0.2, 0.25) is 5.91 Å². The maximum absolute atomic E-state index is 14.7. The molecule has 1 aliphatic carbocycles. The number of hydrogen-bond donors (Lipinski definition) is 2. The van der Waals surface area contributed by atoms with Gasteiger partial charge >= 0.3 is 0 Å². The molecule has 0 unspecified atom stereocenters. The Morgan fingerprint density at radius 2 is 2.12 bits per heavy atom. The molecule has 3 heterocycles. The van der Waals surface area contributed by atoms with Gasteiger partial charge in [-0.1, -0.05) is 23.7 Å². The second-order valence-corrected chi connectivity index (χ2v) is 10.5. The summed E-state index contributed by atoms with van der Waals surface area (Å²) in [4.78, 5) is 43.7. The average Bonchev–Trinajstić information content (AvgIpc) is 3.45. The highest BCUT2D eigenvalue weighted by molar-refractivity contribution is 7.14. The molecule has 2 atom stereocenters. The van der Waals surface area contributed by atoms with Gasteiger partial charge in [0.15, 0.2) is 5.15 Å². The molecule has 3 aliphatic rings. The number of carbonyl (C=O) groups is 3. The van der Waals surface area contributed by atoms with Gasteiger partial charge < -0.3 is 10.6 Å². The first-order valence-electron chi connectivity index (χ1n) is 11.4.